The van der Waals surface area contributed by atoms with E-state index in [2.05, 4.69) is 18.7 Å². The van der Waals surface area contributed by atoms with Crippen LogP contribution >= 0.6 is 0 Å². The van der Waals surface area contributed by atoms with Crippen molar-refractivity contribution in [2.24, 2.45) is 11.1 Å². The maximum Gasteiger partial charge on any atom is 0.337 e. The molecule has 1 fully saturated rings. The number of carbonyl (C=O) groups excluding carboxylic acids is 1. The molecule has 1 heterocycles. The van der Waals surface area contributed by atoms with E-state index in [1.807, 2.05) is 24.3 Å². The first kappa shape index (κ1) is 15.0. The van der Waals surface area contributed by atoms with E-state index in [1.54, 1.807) is 0 Å². The zero-order valence-electron chi connectivity index (χ0n) is 12.6. The van der Waals surface area contributed by atoms with Gasteiger partial charge >= 0.3 is 5.97 Å². The minimum Gasteiger partial charge on any atom is -0.465 e. The fourth-order valence-corrected chi connectivity index (χ4v) is 2.74. The molecular weight excluding hydrogens is 252 g/mol. The Morgan fingerprint density at radius 1 is 1.40 bits per heavy atom. The summed E-state index contributed by atoms with van der Waals surface area (Å²) in [5.41, 5.74) is 8.12. The molecule has 0 bridgehead atoms. The fraction of sp³-hybridized carbons (Fsp3) is 0.562. The molecule has 0 amide bonds. The molecule has 1 aliphatic heterocycles. The van der Waals surface area contributed by atoms with Crippen molar-refractivity contribution in [3.8, 4) is 0 Å². The van der Waals surface area contributed by atoms with Gasteiger partial charge in [-0.05, 0) is 29.5 Å². The molecule has 1 atom stereocenters. The number of ether oxygens (including phenoxy) is 1. The molecular formula is C16H24N2O2. The molecule has 0 aliphatic carbocycles. The Labute approximate surface area is 120 Å². The number of methoxy groups -OCH3 is 1. The van der Waals surface area contributed by atoms with E-state index in [0.717, 1.165) is 26.1 Å². The maximum absolute atomic E-state index is 11.4. The third kappa shape index (κ3) is 3.38. The highest BCUT2D eigenvalue weighted by atomic mass is 16.5. The number of nitrogens with two attached hydrogens (primary N) is 1. The second-order valence-corrected chi connectivity index (χ2v) is 6.28. The average molecular weight is 276 g/mol. The lowest BCUT2D eigenvalue weighted by Gasteiger charge is -2.42. The lowest BCUT2D eigenvalue weighted by Crippen LogP contribution is -2.52. The van der Waals surface area contributed by atoms with Crippen molar-refractivity contribution in [1.82, 2.24) is 4.90 Å². The second kappa shape index (κ2) is 5.94. The lowest BCUT2D eigenvalue weighted by molar-refractivity contribution is 0.0600. The van der Waals surface area contributed by atoms with E-state index in [-0.39, 0.29) is 17.4 Å². The van der Waals surface area contributed by atoms with Gasteiger partial charge in [0.05, 0.1) is 12.7 Å². The van der Waals surface area contributed by atoms with E-state index in [1.165, 1.54) is 12.7 Å². The van der Waals surface area contributed by atoms with Crippen molar-refractivity contribution in [3.63, 3.8) is 0 Å². The second-order valence-electron chi connectivity index (χ2n) is 6.28. The van der Waals surface area contributed by atoms with Gasteiger partial charge in [0.15, 0.2) is 0 Å². The Kier molecular flexibility index (Phi) is 4.45. The Morgan fingerprint density at radius 3 is 2.60 bits per heavy atom. The summed E-state index contributed by atoms with van der Waals surface area (Å²) in [6.07, 6.45) is 1.03. The molecule has 1 aromatic carbocycles. The number of piperidine rings is 1. The smallest absolute Gasteiger partial charge is 0.337 e. The summed E-state index contributed by atoms with van der Waals surface area (Å²) in [5.74, 6) is -0.290. The number of nitrogens with zero attached hydrogens (tertiary/aromatic N) is 1. The van der Waals surface area contributed by atoms with Crippen LogP contribution in [0.3, 0.4) is 0 Å². The highest BCUT2D eigenvalue weighted by molar-refractivity contribution is 5.89. The van der Waals surface area contributed by atoms with Crippen LogP contribution in [0.1, 0.15) is 36.2 Å². The molecule has 2 N–H and O–H groups in total. The molecule has 0 aromatic heterocycles. The van der Waals surface area contributed by atoms with Crippen LogP contribution in [0.5, 0.6) is 0 Å². The van der Waals surface area contributed by atoms with E-state index >= 15 is 0 Å². The Bertz CT molecular complexity index is 468. The van der Waals surface area contributed by atoms with Gasteiger partial charge in [-0.1, -0.05) is 26.0 Å². The van der Waals surface area contributed by atoms with Gasteiger partial charge in [-0.25, -0.2) is 4.79 Å². The van der Waals surface area contributed by atoms with Crippen LogP contribution < -0.4 is 5.73 Å². The average Bonchev–Trinajstić information content (AvgIpc) is 2.42. The number of benzene rings is 1. The van der Waals surface area contributed by atoms with Gasteiger partial charge in [-0.2, -0.15) is 0 Å². The monoisotopic (exact) mass is 276 g/mol. The van der Waals surface area contributed by atoms with Crippen LogP contribution in [0.2, 0.25) is 0 Å². The lowest BCUT2D eigenvalue weighted by atomic mass is 9.79. The van der Waals surface area contributed by atoms with Crippen LogP contribution in [-0.4, -0.2) is 37.1 Å². The van der Waals surface area contributed by atoms with Crippen molar-refractivity contribution in [2.45, 2.75) is 32.9 Å². The quantitative estimate of drug-likeness (QED) is 0.858. The first-order chi connectivity index (χ1) is 9.42. The van der Waals surface area contributed by atoms with Gasteiger partial charge in [0.25, 0.3) is 0 Å². The largest absolute Gasteiger partial charge is 0.465 e. The summed E-state index contributed by atoms with van der Waals surface area (Å²) in [7, 11) is 1.40. The Morgan fingerprint density at radius 2 is 2.05 bits per heavy atom. The van der Waals surface area contributed by atoms with Crippen LogP contribution in [-0.2, 0) is 11.3 Å². The van der Waals surface area contributed by atoms with Crippen LogP contribution in [0.15, 0.2) is 24.3 Å². The third-order valence-corrected chi connectivity index (χ3v) is 4.17. The molecule has 0 saturated carbocycles. The van der Waals surface area contributed by atoms with Gasteiger partial charge in [0.1, 0.15) is 0 Å². The summed E-state index contributed by atoms with van der Waals surface area (Å²) in [5, 5.41) is 0. The number of rotatable bonds is 3. The maximum atomic E-state index is 11.4. The highest BCUT2D eigenvalue weighted by Crippen LogP contribution is 2.28. The molecule has 20 heavy (non-hydrogen) atoms. The Balaban J connectivity index is 1.99. The van der Waals surface area contributed by atoms with Gasteiger partial charge in [-0.15, -0.1) is 0 Å². The van der Waals surface area contributed by atoms with Crippen molar-refractivity contribution >= 4 is 5.97 Å². The number of likely N-dealkylation sites (tertiary alicyclic amines) is 1. The molecule has 1 aromatic rings. The van der Waals surface area contributed by atoms with Crippen LogP contribution in [0.4, 0.5) is 0 Å². The molecule has 110 valence electrons. The zero-order chi connectivity index (χ0) is 14.8. The van der Waals surface area contributed by atoms with Gasteiger partial charge in [0, 0.05) is 25.7 Å². The van der Waals surface area contributed by atoms with E-state index in [9.17, 15) is 4.79 Å². The zero-order valence-corrected chi connectivity index (χ0v) is 12.6. The van der Waals surface area contributed by atoms with Crippen LogP contribution in [0.25, 0.3) is 0 Å². The number of hydrogen-bond donors (Lipinski definition) is 1. The molecule has 2 rings (SSSR count). The third-order valence-electron chi connectivity index (χ3n) is 4.17. The number of hydrogen-bond acceptors (Lipinski definition) is 4. The predicted octanol–water partition coefficient (Wildman–Crippen LogP) is 2.03. The fourth-order valence-electron chi connectivity index (χ4n) is 2.74. The SMILES string of the molecule is COC(=O)c1ccc(CN2CCC(N)C(C)(C)C2)cc1. The molecule has 0 spiro atoms. The summed E-state index contributed by atoms with van der Waals surface area (Å²) in [6.45, 7) is 7.39. The van der Waals surface area contributed by atoms with E-state index < -0.39 is 0 Å². The molecule has 4 nitrogen and oxygen atoms in total. The molecule has 1 saturated heterocycles. The summed E-state index contributed by atoms with van der Waals surface area (Å²) in [4.78, 5) is 13.8. The molecule has 1 unspecified atom stereocenters. The first-order valence-corrected chi connectivity index (χ1v) is 7.07. The van der Waals surface area contributed by atoms with Gasteiger partial charge in [-0.3, -0.25) is 4.90 Å². The van der Waals surface area contributed by atoms with E-state index in [4.69, 9.17) is 10.5 Å². The van der Waals surface area contributed by atoms with Crippen molar-refractivity contribution in [2.75, 3.05) is 20.2 Å². The molecule has 1 aliphatic rings. The summed E-state index contributed by atoms with van der Waals surface area (Å²) in [6, 6.07) is 7.91. The predicted molar refractivity (Wildman–Crippen MR) is 79.4 cm³/mol. The standard InChI is InChI=1S/C16H24N2O2/c1-16(2)11-18(9-8-14(16)17)10-12-4-6-13(7-5-12)15(19)20-3/h4-7,14H,8-11,17H2,1-3H3. The number of esters is 1. The van der Waals surface area contributed by atoms with E-state index in [0.29, 0.717) is 5.56 Å². The summed E-state index contributed by atoms with van der Waals surface area (Å²) >= 11 is 0. The molecule has 0 radical (unpaired) electrons. The van der Waals surface area contributed by atoms with Crippen molar-refractivity contribution < 1.29 is 9.53 Å². The van der Waals surface area contributed by atoms with Crippen LogP contribution in [0, 0.1) is 5.41 Å². The topological polar surface area (TPSA) is 55.6 Å². The normalized spacial score (nSPS) is 22.5. The van der Waals surface area contributed by atoms with Crippen molar-refractivity contribution in [1.29, 1.82) is 0 Å². The minimum absolute atomic E-state index is 0.157. The van der Waals surface area contributed by atoms with Gasteiger partial charge < -0.3 is 10.5 Å². The van der Waals surface area contributed by atoms with Gasteiger partial charge in [0.2, 0.25) is 0 Å². The Hall–Kier alpha value is -1.39. The van der Waals surface area contributed by atoms with Crippen molar-refractivity contribution in [3.05, 3.63) is 35.4 Å². The summed E-state index contributed by atoms with van der Waals surface area (Å²) < 4.78 is 4.70. The first-order valence-electron chi connectivity index (χ1n) is 7.07. The number of carbonyl (C=O) groups is 1. The highest BCUT2D eigenvalue weighted by Gasteiger charge is 2.33. The minimum atomic E-state index is -0.290. The molecule has 4 heteroatoms.